The number of halogens is 2. The number of amides is 1. The molecule has 0 spiro atoms. The van der Waals surface area contributed by atoms with Gasteiger partial charge in [0.05, 0.1) is 10.6 Å². The highest BCUT2D eigenvalue weighted by atomic mass is 79.9. The first kappa shape index (κ1) is 12.9. The number of anilines is 2. The van der Waals surface area contributed by atoms with Crippen LogP contribution in [0.15, 0.2) is 46.9 Å². The standard InChI is InChI=1S/C13H10BrClN2O/c14-8-1-6-12(15)11(7-8)13(18)17-10-4-2-9(16)3-5-10/h1-7H,16H2,(H,17,18). The normalized spacial score (nSPS) is 10.1. The number of nitrogens with one attached hydrogen (secondary N) is 1. The summed E-state index contributed by atoms with van der Waals surface area (Å²) in [6.07, 6.45) is 0. The van der Waals surface area contributed by atoms with Crippen molar-refractivity contribution in [1.29, 1.82) is 0 Å². The van der Waals surface area contributed by atoms with Gasteiger partial charge in [-0.1, -0.05) is 27.5 Å². The van der Waals surface area contributed by atoms with Crippen LogP contribution in [0.4, 0.5) is 11.4 Å². The summed E-state index contributed by atoms with van der Waals surface area (Å²) in [5, 5.41) is 3.16. The maximum atomic E-state index is 12.0. The van der Waals surface area contributed by atoms with Crippen LogP contribution in [-0.2, 0) is 0 Å². The van der Waals surface area contributed by atoms with Gasteiger partial charge in [-0.3, -0.25) is 4.79 Å². The Bertz CT molecular complexity index is 584. The van der Waals surface area contributed by atoms with Gasteiger partial charge in [-0.15, -0.1) is 0 Å². The van der Waals surface area contributed by atoms with E-state index >= 15 is 0 Å². The highest BCUT2D eigenvalue weighted by molar-refractivity contribution is 9.10. The number of hydrogen-bond acceptors (Lipinski definition) is 2. The van der Waals surface area contributed by atoms with E-state index in [-0.39, 0.29) is 5.91 Å². The number of carbonyl (C=O) groups excluding carboxylic acids is 1. The average molecular weight is 326 g/mol. The molecule has 3 N–H and O–H groups in total. The highest BCUT2D eigenvalue weighted by Crippen LogP contribution is 2.22. The molecule has 0 atom stereocenters. The van der Waals surface area contributed by atoms with Gasteiger partial charge in [0.1, 0.15) is 0 Å². The number of hydrogen-bond donors (Lipinski definition) is 2. The van der Waals surface area contributed by atoms with Crippen molar-refractivity contribution in [2.24, 2.45) is 0 Å². The van der Waals surface area contributed by atoms with Crippen molar-refractivity contribution < 1.29 is 4.79 Å². The molecule has 0 saturated carbocycles. The minimum Gasteiger partial charge on any atom is -0.399 e. The largest absolute Gasteiger partial charge is 0.399 e. The number of rotatable bonds is 2. The molecule has 5 heteroatoms. The quantitative estimate of drug-likeness (QED) is 0.822. The lowest BCUT2D eigenvalue weighted by molar-refractivity contribution is 0.102. The van der Waals surface area contributed by atoms with Gasteiger partial charge in [-0.2, -0.15) is 0 Å². The van der Waals surface area contributed by atoms with Crippen molar-refractivity contribution in [2.45, 2.75) is 0 Å². The molecular formula is C13H10BrClN2O. The Hall–Kier alpha value is -1.52. The molecule has 0 aliphatic rings. The summed E-state index contributed by atoms with van der Waals surface area (Å²) < 4.78 is 0.800. The zero-order valence-corrected chi connectivity index (χ0v) is 11.6. The van der Waals surface area contributed by atoms with Gasteiger partial charge in [-0.25, -0.2) is 0 Å². The molecule has 0 aliphatic carbocycles. The lowest BCUT2D eigenvalue weighted by atomic mass is 10.2. The Morgan fingerprint density at radius 3 is 2.50 bits per heavy atom. The average Bonchev–Trinajstić information content (AvgIpc) is 2.35. The molecule has 0 saturated heterocycles. The first-order valence-corrected chi connectivity index (χ1v) is 6.35. The fraction of sp³-hybridized carbons (Fsp3) is 0. The van der Waals surface area contributed by atoms with Crippen molar-refractivity contribution in [3.63, 3.8) is 0 Å². The zero-order valence-electron chi connectivity index (χ0n) is 9.28. The SMILES string of the molecule is Nc1ccc(NC(=O)c2cc(Br)ccc2Cl)cc1. The van der Waals surface area contributed by atoms with Gasteiger partial charge >= 0.3 is 0 Å². The molecule has 2 aromatic rings. The second-order valence-electron chi connectivity index (χ2n) is 3.70. The van der Waals surface area contributed by atoms with E-state index in [1.54, 1.807) is 42.5 Å². The minimum atomic E-state index is -0.258. The van der Waals surface area contributed by atoms with Crippen LogP contribution in [0.3, 0.4) is 0 Å². The highest BCUT2D eigenvalue weighted by Gasteiger charge is 2.10. The molecule has 0 unspecified atom stereocenters. The molecule has 18 heavy (non-hydrogen) atoms. The lowest BCUT2D eigenvalue weighted by Crippen LogP contribution is -2.12. The summed E-state index contributed by atoms with van der Waals surface area (Å²) in [5.74, 6) is -0.258. The van der Waals surface area contributed by atoms with Gasteiger partial charge in [0.25, 0.3) is 5.91 Å². The molecule has 2 aromatic carbocycles. The first-order chi connectivity index (χ1) is 8.56. The van der Waals surface area contributed by atoms with E-state index in [2.05, 4.69) is 21.2 Å². The Morgan fingerprint density at radius 2 is 1.83 bits per heavy atom. The van der Waals surface area contributed by atoms with Crippen LogP contribution in [0, 0.1) is 0 Å². The molecule has 0 aromatic heterocycles. The van der Waals surface area contributed by atoms with E-state index in [4.69, 9.17) is 17.3 Å². The third-order valence-corrected chi connectivity index (χ3v) is 3.16. The number of carbonyl (C=O) groups is 1. The van der Waals surface area contributed by atoms with E-state index < -0.39 is 0 Å². The maximum Gasteiger partial charge on any atom is 0.257 e. The summed E-state index contributed by atoms with van der Waals surface area (Å²) in [7, 11) is 0. The zero-order chi connectivity index (χ0) is 13.1. The predicted octanol–water partition coefficient (Wildman–Crippen LogP) is 3.94. The monoisotopic (exact) mass is 324 g/mol. The van der Waals surface area contributed by atoms with Gasteiger partial charge in [-0.05, 0) is 42.5 Å². The van der Waals surface area contributed by atoms with Crippen LogP contribution in [0.25, 0.3) is 0 Å². The van der Waals surface area contributed by atoms with Crippen molar-refractivity contribution in [2.75, 3.05) is 11.1 Å². The molecular weight excluding hydrogens is 316 g/mol. The van der Waals surface area contributed by atoms with Gasteiger partial charge in [0.15, 0.2) is 0 Å². The Balaban J connectivity index is 2.21. The number of benzene rings is 2. The summed E-state index contributed by atoms with van der Waals surface area (Å²) in [5.41, 5.74) is 7.31. The van der Waals surface area contributed by atoms with E-state index in [0.29, 0.717) is 22.0 Å². The smallest absolute Gasteiger partial charge is 0.257 e. The second-order valence-corrected chi connectivity index (χ2v) is 5.02. The molecule has 3 nitrogen and oxygen atoms in total. The van der Waals surface area contributed by atoms with E-state index in [1.165, 1.54) is 0 Å². The van der Waals surface area contributed by atoms with Gasteiger partial charge in [0.2, 0.25) is 0 Å². The topological polar surface area (TPSA) is 55.1 Å². The Kier molecular flexibility index (Phi) is 3.89. The maximum absolute atomic E-state index is 12.0. The Labute approximate surface area is 118 Å². The van der Waals surface area contributed by atoms with Crippen molar-refractivity contribution >= 4 is 44.8 Å². The van der Waals surface area contributed by atoms with Crippen LogP contribution >= 0.6 is 27.5 Å². The van der Waals surface area contributed by atoms with Crippen molar-refractivity contribution in [3.05, 3.63) is 57.5 Å². The van der Waals surface area contributed by atoms with Gasteiger partial charge < -0.3 is 11.1 Å². The molecule has 0 aliphatic heterocycles. The van der Waals surface area contributed by atoms with E-state index in [1.807, 2.05) is 0 Å². The fourth-order valence-electron chi connectivity index (χ4n) is 1.44. The van der Waals surface area contributed by atoms with Crippen molar-refractivity contribution in [1.82, 2.24) is 0 Å². The third kappa shape index (κ3) is 3.03. The van der Waals surface area contributed by atoms with Gasteiger partial charge in [0, 0.05) is 15.8 Å². The fourth-order valence-corrected chi connectivity index (χ4v) is 2.00. The van der Waals surface area contributed by atoms with Crippen LogP contribution in [0.2, 0.25) is 5.02 Å². The predicted molar refractivity (Wildman–Crippen MR) is 78.0 cm³/mol. The molecule has 92 valence electrons. The van der Waals surface area contributed by atoms with Crippen molar-refractivity contribution in [3.8, 4) is 0 Å². The molecule has 1 amide bonds. The molecule has 2 rings (SSSR count). The molecule has 0 radical (unpaired) electrons. The number of nitrogen functional groups attached to an aromatic ring is 1. The molecule has 0 fully saturated rings. The van der Waals surface area contributed by atoms with Crippen LogP contribution < -0.4 is 11.1 Å². The van der Waals surface area contributed by atoms with Crippen LogP contribution in [0.1, 0.15) is 10.4 Å². The summed E-state index contributed by atoms with van der Waals surface area (Å²) in [4.78, 5) is 12.0. The molecule has 0 bridgehead atoms. The van der Waals surface area contributed by atoms with E-state index in [9.17, 15) is 4.79 Å². The molecule has 0 heterocycles. The second kappa shape index (κ2) is 5.42. The minimum absolute atomic E-state index is 0.258. The summed E-state index contributed by atoms with van der Waals surface area (Å²) in [6, 6.07) is 12.0. The van der Waals surface area contributed by atoms with Crippen LogP contribution in [0.5, 0.6) is 0 Å². The van der Waals surface area contributed by atoms with E-state index in [0.717, 1.165) is 4.47 Å². The Morgan fingerprint density at radius 1 is 1.17 bits per heavy atom. The van der Waals surface area contributed by atoms with Crippen LogP contribution in [-0.4, -0.2) is 5.91 Å². The first-order valence-electron chi connectivity index (χ1n) is 5.18. The summed E-state index contributed by atoms with van der Waals surface area (Å²) in [6.45, 7) is 0. The third-order valence-electron chi connectivity index (χ3n) is 2.34. The summed E-state index contributed by atoms with van der Waals surface area (Å²) >= 11 is 9.29. The lowest BCUT2D eigenvalue weighted by Gasteiger charge is -2.07. The number of nitrogens with two attached hydrogens (primary N) is 1.